The number of amides is 1. The Bertz CT molecular complexity index is 672. The number of carbonyl (C=O) groups is 1. The van der Waals surface area contributed by atoms with Crippen LogP contribution in [0.25, 0.3) is 0 Å². The van der Waals surface area contributed by atoms with E-state index in [9.17, 15) is 4.79 Å². The Balaban J connectivity index is 1.78. The quantitative estimate of drug-likeness (QED) is 0.866. The minimum absolute atomic E-state index is 0.0970. The molecular formula is C16H23N5O. The van der Waals surface area contributed by atoms with Crippen molar-refractivity contribution in [3.05, 3.63) is 35.9 Å². The van der Waals surface area contributed by atoms with Crippen LogP contribution < -0.4 is 0 Å². The Morgan fingerprint density at radius 2 is 2.27 bits per heavy atom. The fraction of sp³-hybridized carbons (Fsp3) is 0.562. The number of hydrogen-bond donors (Lipinski definition) is 0. The Hall–Kier alpha value is -2.11. The van der Waals surface area contributed by atoms with Crippen molar-refractivity contribution in [3.63, 3.8) is 0 Å². The molecule has 2 aromatic heterocycles. The van der Waals surface area contributed by atoms with E-state index in [-0.39, 0.29) is 11.9 Å². The van der Waals surface area contributed by atoms with E-state index in [1.807, 2.05) is 40.4 Å². The lowest BCUT2D eigenvalue weighted by Crippen LogP contribution is -2.34. The highest BCUT2D eigenvalue weighted by Crippen LogP contribution is 2.31. The first-order valence-electron chi connectivity index (χ1n) is 7.89. The maximum Gasteiger partial charge on any atom is 0.243 e. The van der Waals surface area contributed by atoms with Gasteiger partial charge in [0.1, 0.15) is 18.2 Å². The predicted molar refractivity (Wildman–Crippen MR) is 83.2 cm³/mol. The number of aromatic nitrogens is 4. The zero-order chi connectivity index (χ0) is 15.7. The Labute approximate surface area is 130 Å². The van der Waals surface area contributed by atoms with Gasteiger partial charge in [-0.05, 0) is 19.8 Å². The molecule has 118 valence electrons. The molecular weight excluding hydrogens is 278 g/mol. The Morgan fingerprint density at radius 1 is 1.45 bits per heavy atom. The first-order chi connectivity index (χ1) is 10.6. The normalized spacial score (nSPS) is 18.1. The highest BCUT2D eigenvalue weighted by atomic mass is 16.2. The Kier molecular flexibility index (Phi) is 4.00. The summed E-state index contributed by atoms with van der Waals surface area (Å²) in [5.74, 6) is 2.09. The van der Waals surface area contributed by atoms with Gasteiger partial charge in [-0.15, -0.1) is 0 Å². The van der Waals surface area contributed by atoms with E-state index in [0.29, 0.717) is 6.54 Å². The van der Waals surface area contributed by atoms with Crippen LogP contribution in [0.1, 0.15) is 43.1 Å². The molecule has 0 bridgehead atoms. The van der Waals surface area contributed by atoms with Gasteiger partial charge in [-0.25, -0.2) is 9.97 Å². The molecule has 1 atom stereocenters. The van der Waals surface area contributed by atoms with Crippen molar-refractivity contribution >= 4 is 5.91 Å². The fourth-order valence-corrected chi connectivity index (χ4v) is 3.31. The number of likely N-dealkylation sites (tertiary alicyclic amines) is 1. The van der Waals surface area contributed by atoms with E-state index in [1.54, 1.807) is 6.20 Å². The molecule has 1 saturated heterocycles. The van der Waals surface area contributed by atoms with Gasteiger partial charge in [-0.1, -0.05) is 6.92 Å². The van der Waals surface area contributed by atoms with Crippen LogP contribution in [-0.2, 0) is 24.8 Å². The zero-order valence-electron chi connectivity index (χ0n) is 13.5. The van der Waals surface area contributed by atoms with Gasteiger partial charge in [-0.2, -0.15) is 0 Å². The highest BCUT2D eigenvalue weighted by Gasteiger charge is 2.32. The second kappa shape index (κ2) is 5.94. The second-order valence-corrected chi connectivity index (χ2v) is 5.92. The van der Waals surface area contributed by atoms with Crippen LogP contribution in [0.5, 0.6) is 0 Å². The third-order valence-electron chi connectivity index (χ3n) is 4.33. The fourth-order valence-electron chi connectivity index (χ4n) is 3.31. The topological polar surface area (TPSA) is 56.0 Å². The van der Waals surface area contributed by atoms with Gasteiger partial charge in [0, 0.05) is 38.6 Å². The smallest absolute Gasteiger partial charge is 0.243 e. The maximum atomic E-state index is 12.7. The van der Waals surface area contributed by atoms with Crippen molar-refractivity contribution in [3.8, 4) is 0 Å². The molecule has 0 N–H and O–H groups in total. The van der Waals surface area contributed by atoms with Crippen LogP contribution >= 0.6 is 0 Å². The SMILES string of the molecule is CCc1nccn1CC(=O)N1CCC[C@H]1c1nc(C)cn1C. The van der Waals surface area contributed by atoms with Gasteiger partial charge in [0.15, 0.2) is 0 Å². The van der Waals surface area contributed by atoms with Gasteiger partial charge in [0.05, 0.1) is 11.7 Å². The molecule has 3 rings (SSSR count). The van der Waals surface area contributed by atoms with Gasteiger partial charge in [0.25, 0.3) is 0 Å². The summed E-state index contributed by atoms with van der Waals surface area (Å²) in [6, 6.07) is 0.0970. The van der Waals surface area contributed by atoms with Gasteiger partial charge >= 0.3 is 0 Å². The molecule has 2 aromatic rings. The first kappa shape index (κ1) is 14.8. The van der Waals surface area contributed by atoms with Crippen molar-refractivity contribution in [1.29, 1.82) is 0 Å². The summed E-state index contributed by atoms with van der Waals surface area (Å²) in [6.45, 7) is 5.22. The average Bonchev–Trinajstić information content (AvgIpc) is 3.18. The zero-order valence-corrected chi connectivity index (χ0v) is 13.5. The molecule has 0 unspecified atom stereocenters. The predicted octanol–water partition coefficient (Wildman–Crippen LogP) is 1.85. The molecule has 6 heteroatoms. The molecule has 0 saturated carbocycles. The third kappa shape index (κ3) is 2.65. The van der Waals surface area contributed by atoms with Crippen LogP contribution in [0.4, 0.5) is 0 Å². The van der Waals surface area contributed by atoms with E-state index < -0.39 is 0 Å². The molecule has 1 amide bonds. The molecule has 1 aliphatic heterocycles. The van der Waals surface area contributed by atoms with E-state index in [2.05, 4.69) is 16.9 Å². The number of aryl methyl sites for hydroxylation is 3. The second-order valence-electron chi connectivity index (χ2n) is 5.92. The molecule has 6 nitrogen and oxygen atoms in total. The Morgan fingerprint density at radius 3 is 2.95 bits per heavy atom. The van der Waals surface area contributed by atoms with Crippen molar-refractivity contribution in [2.75, 3.05) is 6.54 Å². The molecule has 0 aliphatic carbocycles. The van der Waals surface area contributed by atoms with Crippen molar-refractivity contribution in [2.45, 2.75) is 45.7 Å². The number of imidazole rings is 2. The molecule has 3 heterocycles. The molecule has 0 aromatic carbocycles. The molecule has 1 fully saturated rings. The van der Waals surface area contributed by atoms with Crippen molar-refractivity contribution in [2.24, 2.45) is 7.05 Å². The van der Waals surface area contributed by atoms with Crippen molar-refractivity contribution < 1.29 is 4.79 Å². The minimum atomic E-state index is 0.0970. The van der Waals surface area contributed by atoms with Crippen LogP contribution in [0.3, 0.4) is 0 Å². The maximum absolute atomic E-state index is 12.7. The van der Waals surface area contributed by atoms with Crippen LogP contribution in [0.15, 0.2) is 18.6 Å². The lowest BCUT2D eigenvalue weighted by molar-refractivity contribution is -0.133. The number of nitrogens with zero attached hydrogens (tertiary/aromatic N) is 5. The van der Waals surface area contributed by atoms with E-state index in [1.165, 1.54) is 0 Å². The average molecular weight is 301 g/mol. The summed E-state index contributed by atoms with van der Waals surface area (Å²) in [4.78, 5) is 23.6. The molecule has 22 heavy (non-hydrogen) atoms. The number of hydrogen-bond acceptors (Lipinski definition) is 3. The molecule has 0 spiro atoms. The summed E-state index contributed by atoms with van der Waals surface area (Å²) in [5.41, 5.74) is 1.000. The van der Waals surface area contributed by atoms with E-state index in [0.717, 1.165) is 43.1 Å². The first-order valence-corrected chi connectivity index (χ1v) is 7.89. The van der Waals surface area contributed by atoms with Gasteiger partial charge < -0.3 is 14.0 Å². The minimum Gasteiger partial charge on any atom is -0.336 e. The summed E-state index contributed by atoms with van der Waals surface area (Å²) in [7, 11) is 2.00. The number of rotatable bonds is 4. The monoisotopic (exact) mass is 301 g/mol. The van der Waals surface area contributed by atoms with Crippen molar-refractivity contribution in [1.82, 2.24) is 24.0 Å². The lowest BCUT2D eigenvalue weighted by atomic mass is 10.2. The van der Waals surface area contributed by atoms with Crippen LogP contribution in [-0.4, -0.2) is 36.5 Å². The summed E-state index contributed by atoms with van der Waals surface area (Å²) < 4.78 is 3.99. The largest absolute Gasteiger partial charge is 0.336 e. The summed E-state index contributed by atoms with van der Waals surface area (Å²) in [6.07, 6.45) is 8.51. The molecule has 1 aliphatic rings. The lowest BCUT2D eigenvalue weighted by Gasteiger charge is -2.24. The van der Waals surface area contributed by atoms with Gasteiger partial charge in [-0.3, -0.25) is 4.79 Å². The summed E-state index contributed by atoms with van der Waals surface area (Å²) in [5, 5.41) is 0. The number of carbonyl (C=O) groups excluding carboxylic acids is 1. The third-order valence-corrected chi connectivity index (χ3v) is 4.33. The molecule has 0 radical (unpaired) electrons. The van der Waals surface area contributed by atoms with Crippen LogP contribution in [0, 0.1) is 6.92 Å². The highest BCUT2D eigenvalue weighted by molar-refractivity contribution is 5.76. The van der Waals surface area contributed by atoms with Crippen LogP contribution in [0.2, 0.25) is 0 Å². The standard InChI is InChI=1S/C16H23N5O/c1-4-14-17-7-9-20(14)11-15(22)21-8-5-6-13(21)16-18-12(2)10-19(16)3/h7,9-10,13H,4-6,8,11H2,1-3H3/t13-/m0/s1. The van der Waals surface area contributed by atoms with E-state index >= 15 is 0 Å². The van der Waals surface area contributed by atoms with Gasteiger partial charge in [0.2, 0.25) is 5.91 Å². The summed E-state index contributed by atoms with van der Waals surface area (Å²) >= 11 is 0. The van der Waals surface area contributed by atoms with E-state index in [4.69, 9.17) is 0 Å².